The average Bonchev–Trinajstić information content (AvgIpc) is 2.35. The normalized spacial score (nSPS) is 23.0. The SMILES string of the molecule is CCOC(=O)CC1CC(NC(=O)OC(C)(C)C)CN(CC)C1. The van der Waals surface area contributed by atoms with Gasteiger partial charge in [-0.3, -0.25) is 4.79 Å². The van der Waals surface area contributed by atoms with Crippen LogP contribution in [0.4, 0.5) is 4.79 Å². The van der Waals surface area contributed by atoms with E-state index in [1.807, 2.05) is 27.7 Å². The van der Waals surface area contributed by atoms with Crippen molar-refractivity contribution in [3.8, 4) is 0 Å². The third-order valence-corrected chi connectivity index (χ3v) is 3.54. The molecule has 0 aromatic carbocycles. The van der Waals surface area contributed by atoms with Gasteiger partial charge in [0.05, 0.1) is 6.61 Å². The molecular weight excluding hydrogens is 284 g/mol. The first-order chi connectivity index (χ1) is 10.2. The fourth-order valence-electron chi connectivity index (χ4n) is 2.74. The summed E-state index contributed by atoms with van der Waals surface area (Å²) < 4.78 is 10.3. The van der Waals surface area contributed by atoms with Crippen LogP contribution in [0.5, 0.6) is 0 Å². The second-order valence-corrected chi connectivity index (χ2v) is 6.81. The number of likely N-dealkylation sites (tertiary alicyclic amines) is 1. The number of alkyl carbamates (subject to hydrolysis) is 1. The van der Waals surface area contributed by atoms with Gasteiger partial charge in [0.2, 0.25) is 0 Å². The highest BCUT2D eigenvalue weighted by Crippen LogP contribution is 2.21. The lowest BCUT2D eigenvalue weighted by atomic mass is 9.91. The van der Waals surface area contributed by atoms with Gasteiger partial charge in [0.25, 0.3) is 0 Å². The van der Waals surface area contributed by atoms with Crippen molar-refractivity contribution < 1.29 is 19.1 Å². The van der Waals surface area contributed by atoms with Crippen molar-refractivity contribution in [1.82, 2.24) is 10.2 Å². The molecule has 1 N–H and O–H groups in total. The fraction of sp³-hybridized carbons (Fsp3) is 0.875. The number of carbonyl (C=O) groups is 2. The Morgan fingerprint density at radius 2 is 1.91 bits per heavy atom. The zero-order valence-corrected chi connectivity index (χ0v) is 14.5. The summed E-state index contributed by atoms with van der Waals surface area (Å²) in [6, 6.07) is 0.00276. The molecule has 0 spiro atoms. The van der Waals surface area contributed by atoms with Crippen LogP contribution in [0, 0.1) is 5.92 Å². The number of nitrogens with zero attached hydrogens (tertiary/aromatic N) is 1. The Hall–Kier alpha value is -1.30. The number of carbonyl (C=O) groups excluding carboxylic acids is 2. The zero-order chi connectivity index (χ0) is 16.8. The molecule has 0 saturated carbocycles. The smallest absolute Gasteiger partial charge is 0.407 e. The van der Waals surface area contributed by atoms with E-state index in [1.165, 1.54) is 0 Å². The lowest BCUT2D eigenvalue weighted by Crippen LogP contribution is -2.51. The minimum absolute atomic E-state index is 0.00276. The van der Waals surface area contributed by atoms with Crippen molar-refractivity contribution in [2.24, 2.45) is 5.92 Å². The van der Waals surface area contributed by atoms with E-state index in [2.05, 4.69) is 17.1 Å². The molecule has 1 saturated heterocycles. The zero-order valence-electron chi connectivity index (χ0n) is 14.5. The maximum atomic E-state index is 11.9. The monoisotopic (exact) mass is 314 g/mol. The molecule has 1 amide bonds. The molecule has 1 aliphatic rings. The van der Waals surface area contributed by atoms with E-state index in [1.54, 1.807) is 0 Å². The molecule has 0 aromatic heterocycles. The van der Waals surface area contributed by atoms with Crippen molar-refractivity contribution in [3.05, 3.63) is 0 Å². The van der Waals surface area contributed by atoms with E-state index in [9.17, 15) is 9.59 Å². The number of hydrogen-bond donors (Lipinski definition) is 1. The second kappa shape index (κ2) is 8.36. The predicted octanol–water partition coefficient (Wildman–Crippen LogP) is 2.17. The van der Waals surface area contributed by atoms with Crippen molar-refractivity contribution in [2.45, 2.75) is 59.1 Å². The Kier molecular flexibility index (Phi) is 7.13. The molecule has 0 aliphatic carbocycles. The molecular formula is C16H30N2O4. The summed E-state index contributed by atoms with van der Waals surface area (Å²) in [7, 11) is 0. The Balaban J connectivity index is 2.55. The molecule has 0 radical (unpaired) electrons. The minimum Gasteiger partial charge on any atom is -0.466 e. The van der Waals surface area contributed by atoms with Crippen molar-refractivity contribution in [3.63, 3.8) is 0 Å². The first-order valence-corrected chi connectivity index (χ1v) is 8.11. The number of likely N-dealkylation sites (N-methyl/N-ethyl adjacent to an activating group) is 1. The molecule has 128 valence electrons. The molecule has 2 unspecified atom stereocenters. The van der Waals surface area contributed by atoms with Crippen LogP contribution in [-0.4, -0.2) is 54.8 Å². The average molecular weight is 314 g/mol. The van der Waals surface area contributed by atoms with Gasteiger partial charge in [-0.15, -0.1) is 0 Å². The third-order valence-electron chi connectivity index (χ3n) is 3.54. The Morgan fingerprint density at radius 1 is 1.23 bits per heavy atom. The van der Waals surface area contributed by atoms with Gasteiger partial charge >= 0.3 is 12.1 Å². The van der Waals surface area contributed by atoms with Crippen molar-refractivity contribution >= 4 is 12.1 Å². The van der Waals surface area contributed by atoms with Gasteiger partial charge in [0, 0.05) is 25.6 Å². The molecule has 0 bridgehead atoms. The van der Waals surface area contributed by atoms with Crippen LogP contribution in [-0.2, 0) is 14.3 Å². The molecule has 6 heteroatoms. The first-order valence-electron chi connectivity index (χ1n) is 8.11. The van der Waals surface area contributed by atoms with Crippen LogP contribution in [0.3, 0.4) is 0 Å². The summed E-state index contributed by atoms with van der Waals surface area (Å²) in [6.07, 6.45) is 0.774. The highest BCUT2D eigenvalue weighted by Gasteiger charge is 2.30. The van der Waals surface area contributed by atoms with E-state index in [4.69, 9.17) is 9.47 Å². The van der Waals surface area contributed by atoms with Crippen molar-refractivity contribution in [2.75, 3.05) is 26.2 Å². The Bertz CT molecular complexity index is 379. The fourth-order valence-corrected chi connectivity index (χ4v) is 2.74. The molecule has 1 aliphatic heterocycles. The summed E-state index contributed by atoms with van der Waals surface area (Å²) in [6.45, 7) is 12.4. The largest absolute Gasteiger partial charge is 0.466 e. The van der Waals surface area contributed by atoms with Gasteiger partial charge in [-0.1, -0.05) is 6.92 Å². The summed E-state index contributed by atoms with van der Waals surface area (Å²) >= 11 is 0. The number of piperidine rings is 1. The van der Waals surface area contributed by atoms with E-state index in [-0.39, 0.29) is 17.9 Å². The number of esters is 1. The van der Waals surface area contributed by atoms with Gasteiger partial charge < -0.3 is 19.7 Å². The number of rotatable bonds is 5. The van der Waals surface area contributed by atoms with Gasteiger partial charge in [-0.2, -0.15) is 0 Å². The molecule has 1 rings (SSSR count). The van der Waals surface area contributed by atoms with Gasteiger partial charge in [0.15, 0.2) is 0 Å². The van der Waals surface area contributed by atoms with E-state index >= 15 is 0 Å². The molecule has 6 nitrogen and oxygen atoms in total. The van der Waals surface area contributed by atoms with Gasteiger partial charge in [-0.05, 0) is 46.6 Å². The third kappa shape index (κ3) is 7.11. The van der Waals surface area contributed by atoms with Gasteiger partial charge in [0.1, 0.15) is 5.60 Å². The summed E-state index contributed by atoms with van der Waals surface area (Å²) in [5, 5.41) is 2.92. The van der Waals surface area contributed by atoms with E-state index in [0.29, 0.717) is 13.0 Å². The maximum absolute atomic E-state index is 11.9. The predicted molar refractivity (Wildman–Crippen MR) is 84.6 cm³/mol. The summed E-state index contributed by atoms with van der Waals surface area (Å²) in [5.74, 6) is 0.0363. The molecule has 0 aromatic rings. The van der Waals surface area contributed by atoms with Crippen LogP contribution in [0.2, 0.25) is 0 Å². The minimum atomic E-state index is -0.506. The number of ether oxygens (including phenoxy) is 2. The second-order valence-electron chi connectivity index (χ2n) is 6.81. The maximum Gasteiger partial charge on any atom is 0.407 e. The van der Waals surface area contributed by atoms with E-state index < -0.39 is 11.7 Å². The number of amides is 1. The topological polar surface area (TPSA) is 67.9 Å². The molecule has 1 fully saturated rings. The highest BCUT2D eigenvalue weighted by molar-refractivity contribution is 5.70. The summed E-state index contributed by atoms with van der Waals surface area (Å²) in [4.78, 5) is 25.8. The highest BCUT2D eigenvalue weighted by atomic mass is 16.6. The van der Waals surface area contributed by atoms with E-state index in [0.717, 1.165) is 26.1 Å². The van der Waals surface area contributed by atoms with Crippen LogP contribution in [0.25, 0.3) is 0 Å². The quantitative estimate of drug-likeness (QED) is 0.788. The molecule has 2 atom stereocenters. The van der Waals surface area contributed by atoms with Crippen LogP contribution in [0.1, 0.15) is 47.5 Å². The van der Waals surface area contributed by atoms with Crippen molar-refractivity contribution in [1.29, 1.82) is 0 Å². The Morgan fingerprint density at radius 3 is 2.45 bits per heavy atom. The van der Waals surface area contributed by atoms with Crippen LogP contribution < -0.4 is 5.32 Å². The van der Waals surface area contributed by atoms with Crippen LogP contribution in [0.15, 0.2) is 0 Å². The van der Waals surface area contributed by atoms with Crippen LogP contribution >= 0.6 is 0 Å². The lowest BCUT2D eigenvalue weighted by molar-refractivity contribution is -0.144. The molecule has 22 heavy (non-hydrogen) atoms. The standard InChI is InChI=1S/C16H30N2O4/c1-6-18-10-12(9-14(19)21-7-2)8-13(11-18)17-15(20)22-16(3,4)5/h12-13H,6-11H2,1-5H3,(H,17,20). The summed E-state index contributed by atoms with van der Waals surface area (Å²) in [5.41, 5.74) is -0.506. The lowest BCUT2D eigenvalue weighted by Gasteiger charge is -2.37. The first kappa shape index (κ1) is 18.7. The number of hydrogen-bond acceptors (Lipinski definition) is 5. The number of nitrogens with one attached hydrogen (secondary N) is 1. The Labute approximate surface area is 133 Å². The van der Waals surface area contributed by atoms with Gasteiger partial charge in [-0.25, -0.2) is 4.79 Å². The molecule has 1 heterocycles.